The lowest BCUT2D eigenvalue weighted by atomic mass is 10.0. The van der Waals surface area contributed by atoms with Crippen LogP contribution in [0.2, 0.25) is 0 Å². The van der Waals surface area contributed by atoms with Gasteiger partial charge in [-0.15, -0.1) is 0 Å². The molecule has 5 nitrogen and oxygen atoms in total. The molecule has 0 radical (unpaired) electrons. The highest BCUT2D eigenvalue weighted by molar-refractivity contribution is 5.76. The first-order chi connectivity index (χ1) is 9.66. The van der Waals surface area contributed by atoms with Gasteiger partial charge < -0.3 is 14.4 Å². The van der Waals surface area contributed by atoms with Gasteiger partial charge in [0.05, 0.1) is 17.5 Å². The molecule has 1 aliphatic rings. The molecule has 1 fully saturated rings. The summed E-state index contributed by atoms with van der Waals surface area (Å²) in [5, 5.41) is 8.93. The Morgan fingerprint density at radius 3 is 3.00 bits per heavy atom. The lowest BCUT2D eigenvalue weighted by molar-refractivity contribution is -0.137. The van der Waals surface area contributed by atoms with Gasteiger partial charge in [0, 0.05) is 13.2 Å². The zero-order valence-electron chi connectivity index (χ0n) is 11.5. The number of hydrogen-bond donors (Lipinski definition) is 1. The Morgan fingerprint density at radius 1 is 1.50 bits per heavy atom. The van der Waals surface area contributed by atoms with Crippen molar-refractivity contribution in [3.05, 3.63) is 30.1 Å². The maximum absolute atomic E-state index is 10.9. The summed E-state index contributed by atoms with van der Waals surface area (Å²) >= 11 is 0. The van der Waals surface area contributed by atoms with Gasteiger partial charge in [-0.3, -0.25) is 4.79 Å². The third-order valence-electron chi connectivity index (χ3n) is 3.88. The van der Waals surface area contributed by atoms with E-state index in [0.29, 0.717) is 12.5 Å². The highest BCUT2D eigenvalue weighted by Crippen LogP contribution is 2.35. The zero-order chi connectivity index (χ0) is 14.1. The van der Waals surface area contributed by atoms with E-state index in [9.17, 15) is 4.79 Å². The Hall–Kier alpha value is -1.88. The molecule has 2 atom stereocenters. The SMILES string of the molecule is CC1CCOC1c1nc2ccccc2n1CCC(=O)O. The van der Waals surface area contributed by atoms with E-state index in [1.54, 1.807) is 0 Å². The molecule has 20 heavy (non-hydrogen) atoms. The predicted octanol–water partition coefficient (Wildman–Crippen LogP) is 2.61. The molecule has 1 aromatic carbocycles. The van der Waals surface area contributed by atoms with Crippen LogP contribution in [0.3, 0.4) is 0 Å². The van der Waals surface area contributed by atoms with Crippen molar-refractivity contribution < 1.29 is 14.6 Å². The largest absolute Gasteiger partial charge is 0.481 e. The van der Waals surface area contributed by atoms with E-state index in [4.69, 9.17) is 9.84 Å². The number of rotatable bonds is 4. The third-order valence-corrected chi connectivity index (χ3v) is 3.88. The van der Waals surface area contributed by atoms with Gasteiger partial charge in [0.15, 0.2) is 0 Å². The van der Waals surface area contributed by atoms with Crippen molar-refractivity contribution in [2.24, 2.45) is 5.92 Å². The van der Waals surface area contributed by atoms with Gasteiger partial charge in [0.1, 0.15) is 11.9 Å². The van der Waals surface area contributed by atoms with Crippen LogP contribution in [0.1, 0.15) is 31.7 Å². The maximum atomic E-state index is 10.9. The predicted molar refractivity (Wildman–Crippen MR) is 74.5 cm³/mol. The second-order valence-corrected chi connectivity index (χ2v) is 5.31. The quantitative estimate of drug-likeness (QED) is 0.930. The van der Waals surface area contributed by atoms with Gasteiger partial charge in [-0.05, 0) is 24.5 Å². The number of aliphatic carboxylic acids is 1. The molecule has 0 bridgehead atoms. The van der Waals surface area contributed by atoms with E-state index in [1.165, 1.54) is 0 Å². The smallest absolute Gasteiger partial charge is 0.305 e. The lowest BCUT2D eigenvalue weighted by Gasteiger charge is -2.16. The topological polar surface area (TPSA) is 64.4 Å². The van der Waals surface area contributed by atoms with Crippen LogP contribution in [0.25, 0.3) is 11.0 Å². The standard InChI is InChI=1S/C15H18N2O3/c1-10-7-9-20-14(10)15-16-11-4-2-3-5-12(11)17(15)8-6-13(18)19/h2-5,10,14H,6-9H2,1H3,(H,18,19). The summed E-state index contributed by atoms with van der Waals surface area (Å²) in [5.41, 5.74) is 1.88. The monoisotopic (exact) mass is 274 g/mol. The minimum absolute atomic E-state index is 0.0313. The number of ether oxygens (including phenoxy) is 1. The van der Waals surface area contributed by atoms with Crippen LogP contribution < -0.4 is 0 Å². The Labute approximate surface area is 117 Å². The van der Waals surface area contributed by atoms with Gasteiger partial charge in [-0.1, -0.05) is 19.1 Å². The number of para-hydroxylation sites is 2. The Balaban J connectivity index is 2.04. The second-order valence-electron chi connectivity index (χ2n) is 5.31. The molecule has 1 saturated heterocycles. The fourth-order valence-electron chi connectivity index (χ4n) is 2.78. The number of carbonyl (C=O) groups is 1. The van der Waals surface area contributed by atoms with Crippen molar-refractivity contribution in [1.29, 1.82) is 0 Å². The number of imidazole rings is 1. The summed E-state index contributed by atoms with van der Waals surface area (Å²) in [6.07, 6.45) is 1.08. The first kappa shape index (κ1) is 13.1. The van der Waals surface area contributed by atoms with E-state index in [1.807, 2.05) is 28.8 Å². The number of hydrogen-bond acceptors (Lipinski definition) is 3. The molecule has 1 N–H and O–H groups in total. The summed E-state index contributed by atoms with van der Waals surface area (Å²) in [4.78, 5) is 15.5. The number of fused-ring (bicyclic) bond motifs is 1. The van der Waals surface area contributed by atoms with Crippen molar-refractivity contribution in [1.82, 2.24) is 9.55 Å². The Bertz CT molecular complexity index is 635. The van der Waals surface area contributed by atoms with E-state index >= 15 is 0 Å². The van der Waals surface area contributed by atoms with Crippen LogP contribution in [0, 0.1) is 5.92 Å². The molecule has 2 heterocycles. The van der Waals surface area contributed by atoms with Crippen LogP contribution in [-0.2, 0) is 16.1 Å². The van der Waals surface area contributed by atoms with E-state index < -0.39 is 5.97 Å². The molecule has 1 aromatic heterocycles. The number of carboxylic acid groups (broad SMARTS) is 1. The molecular weight excluding hydrogens is 256 g/mol. The molecular formula is C15H18N2O3. The Kier molecular flexibility index (Phi) is 3.44. The highest BCUT2D eigenvalue weighted by Gasteiger charge is 2.30. The summed E-state index contributed by atoms with van der Waals surface area (Å²) in [5.74, 6) is 0.474. The molecule has 0 saturated carbocycles. The van der Waals surface area contributed by atoms with Crippen LogP contribution in [0.15, 0.2) is 24.3 Å². The minimum Gasteiger partial charge on any atom is -0.481 e. The van der Waals surface area contributed by atoms with Gasteiger partial charge >= 0.3 is 5.97 Å². The third kappa shape index (κ3) is 2.29. The molecule has 5 heteroatoms. The number of benzene rings is 1. The molecule has 106 valence electrons. The summed E-state index contributed by atoms with van der Waals surface area (Å²) in [6, 6.07) is 7.83. The van der Waals surface area contributed by atoms with Gasteiger partial charge in [-0.25, -0.2) is 4.98 Å². The van der Waals surface area contributed by atoms with E-state index in [-0.39, 0.29) is 12.5 Å². The fourth-order valence-corrected chi connectivity index (χ4v) is 2.78. The summed E-state index contributed by atoms with van der Waals surface area (Å²) in [6.45, 7) is 3.32. The van der Waals surface area contributed by atoms with E-state index in [2.05, 4.69) is 11.9 Å². The molecule has 2 aromatic rings. The van der Waals surface area contributed by atoms with Crippen LogP contribution in [0.4, 0.5) is 0 Å². The highest BCUT2D eigenvalue weighted by atomic mass is 16.5. The van der Waals surface area contributed by atoms with Crippen LogP contribution in [-0.4, -0.2) is 27.2 Å². The lowest BCUT2D eigenvalue weighted by Crippen LogP contribution is -2.14. The maximum Gasteiger partial charge on any atom is 0.305 e. The minimum atomic E-state index is -0.797. The molecule has 1 aliphatic heterocycles. The van der Waals surface area contributed by atoms with Gasteiger partial charge in [0.2, 0.25) is 0 Å². The zero-order valence-corrected chi connectivity index (χ0v) is 11.5. The first-order valence-corrected chi connectivity index (χ1v) is 6.95. The van der Waals surface area contributed by atoms with Crippen molar-refractivity contribution in [3.63, 3.8) is 0 Å². The average Bonchev–Trinajstić information content (AvgIpc) is 2.99. The van der Waals surface area contributed by atoms with Crippen molar-refractivity contribution in [3.8, 4) is 0 Å². The van der Waals surface area contributed by atoms with Crippen molar-refractivity contribution >= 4 is 17.0 Å². The fraction of sp³-hybridized carbons (Fsp3) is 0.467. The molecule has 0 aliphatic carbocycles. The normalized spacial score (nSPS) is 22.4. The summed E-state index contributed by atoms with van der Waals surface area (Å²) in [7, 11) is 0. The molecule has 3 rings (SSSR count). The molecule has 2 unspecified atom stereocenters. The number of aromatic nitrogens is 2. The number of carboxylic acids is 1. The number of aryl methyl sites for hydroxylation is 1. The first-order valence-electron chi connectivity index (χ1n) is 6.95. The van der Waals surface area contributed by atoms with Crippen molar-refractivity contribution in [2.75, 3.05) is 6.61 Å². The second kappa shape index (κ2) is 5.25. The van der Waals surface area contributed by atoms with Gasteiger partial charge in [0.25, 0.3) is 0 Å². The van der Waals surface area contributed by atoms with Crippen LogP contribution >= 0.6 is 0 Å². The molecule has 0 spiro atoms. The Morgan fingerprint density at radius 2 is 2.30 bits per heavy atom. The van der Waals surface area contributed by atoms with Gasteiger partial charge in [-0.2, -0.15) is 0 Å². The average molecular weight is 274 g/mol. The van der Waals surface area contributed by atoms with Crippen molar-refractivity contribution in [2.45, 2.75) is 32.4 Å². The van der Waals surface area contributed by atoms with Crippen LogP contribution in [0.5, 0.6) is 0 Å². The summed E-state index contributed by atoms with van der Waals surface area (Å²) < 4.78 is 7.79. The number of nitrogens with zero attached hydrogens (tertiary/aromatic N) is 2. The van der Waals surface area contributed by atoms with E-state index in [0.717, 1.165) is 29.9 Å². The molecule has 0 amide bonds.